The van der Waals surface area contributed by atoms with E-state index in [1.165, 1.54) is 27.2 Å². The van der Waals surface area contributed by atoms with Crippen LogP contribution in [0.2, 0.25) is 0 Å². The van der Waals surface area contributed by atoms with Gasteiger partial charge in [0.2, 0.25) is 5.78 Å². The van der Waals surface area contributed by atoms with Crippen molar-refractivity contribution in [2.45, 2.75) is 6.04 Å². The first kappa shape index (κ1) is 19.0. The number of ketones is 1. The summed E-state index contributed by atoms with van der Waals surface area (Å²) in [7, 11) is 1.64. The third-order valence-corrected chi connectivity index (χ3v) is 6.64. The number of benzene rings is 3. The molecule has 152 valence electrons. The molecule has 4 heteroatoms. The van der Waals surface area contributed by atoms with Crippen molar-refractivity contribution in [2.75, 3.05) is 39.8 Å². The average Bonchev–Trinajstić information content (AvgIpc) is 3.14. The quantitative estimate of drug-likeness (QED) is 0.636. The van der Waals surface area contributed by atoms with Crippen molar-refractivity contribution in [1.82, 2.24) is 0 Å². The van der Waals surface area contributed by atoms with Gasteiger partial charge in [0.05, 0.1) is 7.11 Å². The van der Waals surface area contributed by atoms with E-state index in [0.717, 1.165) is 37.5 Å². The standard InChI is InChI=1S/C26H26N2O2/c1-30-20-8-6-7-19(17-20)25(29)18-27-13-15-28(16-14-27)26-23-11-4-2-9-21(23)22-10-3-5-12-24(22)26/h2-12,17,26H,13-16,18H2,1H3/p+2. The van der Waals surface area contributed by atoms with Gasteiger partial charge in [-0.25, -0.2) is 0 Å². The Morgan fingerprint density at radius 2 is 1.50 bits per heavy atom. The molecular formula is C26H28N2O2+2. The lowest BCUT2D eigenvalue weighted by atomic mass is 10.0. The van der Waals surface area contributed by atoms with Gasteiger partial charge < -0.3 is 14.5 Å². The second-order valence-corrected chi connectivity index (χ2v) is 8.35. The van der Waals surface area contributed by atoms with Gasteiger partial charge in [0.1, 0.15) is 44.5 Å². The summed E-state index contributed by atoms with van der Waals surface area (Å²) in [6.45, 7) is 4.75. The Kier molecular flexibility index (Phi) is 5.11. The number of quaternary nitrogens is 2. The van der Waals surface area contributed by atoms with Crippen LogP contribution in [-0.2, 0) is 0 Å². The molecule has 0 atom stereocenters. The minimum atomic E-state index is 0.198. The van der Waals surface area contributed by atoms with Crippen LogP contribution in [0.4, 0.5) is 0 Å². The molecule has 1 heterocycles. The molecule has 3 aromatic rings. The Bertz CT molecular complexity index is 1020. The van der Waals surface area contributed by atoms with Gasteiger partial charge in [-0.15, -0.1) is 0 Å². The lowest BCUT2D eigenvalue weighted by Gasteiger charge is -2.33. The van der Waals surface area contributed by atoms with Crippen molar-refractivity contribution >= 4 is 5.78 Å². The number of Topliss-reactive ketones (excluding diaryl/α,β-unsaturated/α-hetero) is 1. The first-order valence-corrected chi connectivity index (χ1v) is 10.8. The predicted octanol–water partition coefficient (Wildman–Crippen LogP) is 1.43. The zero-order valence-electron chi connectivity index (χ0n) is 17.4. The van der Waals surface area contributed by atoms with Gasteiger partial charge >= 0.3 is 0 Å². The molecule has 1 aliphatic heterocycles. The predicted molar refractivity (Wildman–Crippen MR) is 117 cm³/mol. The molecule has 4 nitrogen and oxygen atoms in total. The molecule has 30 heavy (non-hydrogen) atoms. The van der Waals surface area contributed by atoms with Gasteiger partial charge in [-0.3, -0.25) is 4.79 Å². The summed E-state index contributed by atoms with van der Waals surface area (Å²) in [6, 6.07) is 25.6. The molecule has 2 N–H and O–H groups in total. The van der Waals surface area contributed by atoms with E-state index >= 15 is 0 Å². The Morgan fingerprint density at radius 1 is 0.867 bits per heavy atom. The molecule has 0 spiro atoms. The van der Waals surface area contributed by atoms with E-state index in [1.54, 1.807) is 12.0 Å². The first-order valence-electron chi connectivity index (χ1n) is 10.8. The third-order valence-electron chi connectivity index (χ3n) is 6.64. The largest absolute Gasteiger partial charge is 0.497 e. The van der Waals surface area contributed by atoms with Crippen molar-refractivity contribution in [2.24, 2.45) is 0 Å². The van der Waals surface area contributed by atoms with Crippen LogP contribution in [0.5, 0.6) is 5.75 Å². The number of carbonyl (C=O) groups is 1. The first-order chi connectivity index (χ1) is 14.7. The number of carbonyl (C=O) groups excluding carboxylic acids is 1. The van der Waals surface area contributed by atoms with Gasteiger partial charge in [0.15, 0.2) is 0 Å². The molecule has 1 fully saturated rings. The van der Waals surface area contributed by atoms with Crippen LogP contribution >= 0.6 is 0 Å². The van der Waals surface area contributed by atoms with Crippen LogP contribution < -0.4 is 14.5 Å². The maximum atomic E-state index is 12.8. The van der Waals surface area contributed by atoms with E-state index in [-0.39, 0.29) is 5.78 Å². The number of fused-ring (bicyclic) bond motifs is 3. The van der Waals surface area contributed by atoms with Crippen LogP contribution in [0.1, 0.15) is 27.5 Å². The Balaban J connectivity index is 1.28. The molecule has 2 aliphatic rings. The Hall–Kier alpha value is -2.95. The summed E-state index contributed by atoms with van der Waals surface area (Å²) in [5, 5.41) is 0. The fourth-order valence-corrected chi connectivity index (χ4v) is 5.11. The lowest BCUT2D eigenvalue weighted by molar-refractivity contribution is -1.02. The van der Waals surface area contributed by atoms with Crippen molar-refractivity contribution < 1.29 is 19.3 Å². The number of hydrogen-bond donors (Lipinski definition) is 2. The minimum absolute atomic E-state index is 0.198. The number of piperazine rings is 1. The molecule has 5 rings (SSSR count). The molecule has 1 saturated heterocycles. The summed E-state index contributed by atoms with van der Waals surface area (Å²) in [4.78, 5) is 15.8. The zero-order valence-corrected chi connectivity index (χ0v) is 17.4. The molecule has 1 aliphatic carbocycles. The number of methoxy groups -OCH3 is 1. The summed E-state index contributed by atoms with van der Waals surface area (Å²) in [6.07, 6.45) is 0. The van der Waals surface area contributed by atoms with Crippen LogP contribution in [0, 0.1) is 0 Å². The smallest absolute Gasteiger partial charge is 0.217 e. The molecule has 0 bridgehead atoms. The molecule has 0 amide bonds. The minimum Gasteiger partial charge on any atom is -0.497 e. The molecule has 0 aromatic heterocycles. The third kappa shape index (κ3) is 3.42. The highest BCUT2D eigenvalue weighted by molar-refractivity contribution is 5.97. The van der Waals surface area contributed by atoms with E-state index in [1.807, 2.05) is 24.3 Å². The number of hydrogen-bond acceptors (Lipinski definition) is 2. The monoisotopic (exact) mass is 400 g/mol. The highest BCUT2D eigenvalue weighted by Crippen LogP contribution is 2.41. The van der Waals surface area contributed by atoms with Gasteiger partial charge in [0.25, 0.3) is 0 Å². The van der Waals surface area contributed by atoms with Crippen molar-refractivity contribution in [3.05, 3.63) is 89.5 Å². The SMILES string of the molecule is COc1cccc(C(=O)C[NH+]2CC[NH+](C3c4ccccc4-c4ccccc43)CC2)c1. The second kappa shape index (κ2) is 8.05. The van der Waals surface area contributed by atoms with Crippen LogP contribution in [0.3, 0.4) is 0 Å². The lowest BCUT2D eigenvalue weighted by Crippen LogP contribution is -3.28. The molecule has 0 saturated carbocycles. The Labute approximate surface area is 177 Å². The summed E-state index contributed by atoms with van der Waals surface area (Å²) >= 11 is 0. The number of nitrogens with one attached hydrogen (secondary N) is 2. The Morgan fingerprint density at radius 3 is 2.13 bits per heavy atom. The van der Waals surface area contributed by atoms with Crippen LogP contribution in [0.15, 0.2) is 72.8 Å². The molecule has 0 radical (unpaired) electrons. The maximum Gasteiger partial charge on any atom is 0.217 e. The number of rotatable bonds is 5. The second-order valence-electron chi connectivity index (χ2n) is 8.35. The molecule has 0 unspecified atom stereocenters. The zero-order chi connectivity index (χ0) is 20.5. The van der Waals surface area contributed by atoms with Gasteiger partial charge in [-0.1, -0.05) is 60.7 Å². The fourth-order valence-electron chi connectivity index (χ4n) is 5.11. The van der Waals surface area contributed by atoms with Gasteiger partial charge in [0, 0.05) is 16.7 Å². The fraction of sp³-hybridized carbons (Fsp3) is 0.269. The van der Waals surface area contributed by atoms with Crippen LogP contribution in [0.25, 0.3) is 11.1 Å². The number of ether oxygens (including phenoxy) is 1. The summed E-state index contributed by atoms with van der Waals surface area (Å²) in [5.41, 5.74) is 6.41. The van der Waals surface area contributed by atoms with Crippen molar-refractivity contribution in [3.8, 4) is 16.9 Å². The highest BCUT2D eigenvalue weighted by atomic mass is 16.5. The van der Waals surface area contributed by atoms with E-state index < -0.39 is 0 Å². The topological polar surface area (TPSA) is 35.2 Å². The summed E-state index contributed by atoms with van der Waals surface area (Å²) in [5.74, 6) is 0.938. The molecular weight excluding hydrogens is 372 g/mol. The van der Waals surface area contributed by atoms with Gasteiger partial charge in [-0.05, 0) is 23.3 Å². The van der Waals surface area contributed by atoms with E-state index in [0.29, 0.717) is 12.6 Å². The van der Waals surface area contributed by atoms with Crippen LogP contribution in [-0.4, -0.2) is 45.6 Å². The van der Waals surface area contributed by atoms with E-state index in [2.05, 4.69) is 48.5 Å². The van der Waals surface area contributed by atoms with Crippen molar-refractivity contribution in [3.63, 3.8) is 0 Å². The highest BCUT2D eigenvalue weighted by Gasteiger charge is 2.38. The van der Waals surface area contributed by atoms with Crippen molar-refractivity contribution in [1.29, 1.82) is 0 Å². The van der Waals surface area contributed by atoms with E-state index in [9.17, 15) is 4.79 Å². The van der Waals surface area contributed by atoms with Gasteiger partial charge in [-0.2, -0.15) is 0 Å². The summed E-state index contributed by atoms with van der Waals surface area (Å²) < 4.78 is 5.26. The van der Waals surface area contributed by atoms with E-state index in [4.69, 9.17) is 4.74 Å². The normalized spacial score (nSPS) is 20.4. The molecule has 3 aromatic carbocycles. The maximum absolute atomic E-state index is 12.8. The average molecular weight is 401 g/mol.